The monoisotopic (exact) mass is 292 g/mol. The second-order valence-corrected chi connectivity index (χ2v) is 6.18. The van der Waals surface area contributed by atoms with Gasteiger partial charge in [-0.25, -0.2) is 0 Å². The highest BCUT2D eigenvalue weighted by atomic mass is 16.2. The van der Waals surface area contributed by atoms with Crippen molar-refractivity contribution in [3.63, 3.8) is 0 Å². The minimum Gasteiger partial charge on any atom is -0.396 e. The Kier molecular flexibility index (Phi) is 7.40. The van der Waals surface area contributed by atoms with E-state index in [0.29, 0.717) is 6.54 Å². The van der Waals surface area contributed by atoms with Gasteiger partial charge >= 0.3 is 0 Å². The Hall–Kier alpha value is -1.39. The Morgan fingerprint density at radius 1 is 1.29 bits per heavy atom. The summed E-state index contributed by atoms with van der Waals surface area (Å²) in [6.07, 6.45) is 2.50. The molecule has 4 heteroatoms. The molecule has 21 heavy (non-hydrogen) atoms. The lowest BCUT2D eigenvalue weighted by Gasteiger charge is -2.25. The third kappa shape index (κ3) is 6.27. The Bertz CT molecular complexity index is 444. The summed E-state index contributed by atoms with van der Waals surface area (Å²) in [6.45, 7) is 5.88. The van der Waals surface area contributed by atoms with Gasteiger partial charge in [0.15, 0.2) is 0 Å². The highest BCUT2D eigenvalue weighted by molar-refractivity contribution is 5.95. The van der Waals surface area contributed by atoms with Crippen LogP contribution in [-0.4, -0.2) is 37.8 Å². The number of aliphatic hydroxyl groups is 1. The Morgan fingerprint density at radius 3 is 2.67 bits per heavy atom. The van der Waals surface area contributed by atoms with Gasteiger partial charge in [-0.05, 0) is 49.9 Å². The summed E-state index contributed by atoms with van der Waals surface area (Å²) in [5, 5.41) is 15.0. The number of hydrogen-bond acceptors (Lipinski definition) is 3. The molecule has 1 rings (SSSR count). The van der Waals surface area contributed by atoms with Crippen molar-refractivity contribution in [3.8, 4) is 0 Å². The number of hydrogen-bond donors (Lipinski definition) is 3. The average molecular weight is 292 g/mol. The molecule has 1 aromatic carbocycles. The number of likely N-dealkylation sites (N-methyl/N-ethyl adjacent to an activating group) is 1. The summed E-state index contributed by atoms with van der Waals surface area (Å²) in [6, 6.07) is 7.74. The summed E-state index contributed by atoms with van der Waals surface area (Å²) in [7, 11) is 1.91. The van der Waals surface area contributed by atoms with Gasteiger partial charge in [0.1, 0.15) is 0 Å². The van der Waals surface area contributed by atoms with E-state index in [4.69, 9.17) is 5.11 Å². The van der Waals surface area contributed by atoms with Crippen molar-refractivity contribution >= 4 is 5.91 Å². The first kappa shape index (κ1) is 17.7. The zero-order valence-corrected chi connectivity index (χ0v) is 13.4. The van der Waals surface area contributed by atoms with Gasteiger partial charge in [0.2, 0.25) is 0 Å². The van der Waals surface area contributed by atoms with Crippen molar-refractivity contribution in [3.05, 3.63) is 35.4 Å². The van der Waals surface area contributed by atoms with Gasteiger partial charge in [0.05, 0.1) is 0 Å². The van der Waals surface area contributed by atoms with Crippen LogP contribution in [0.5, 0.6) is 0 Å². The van der Waals surface area contributed by atoms with Crippen LogP contribution in [0.3, 0.4) is 0 Å². The zero-order valence-electron chi connectivity index (χ0n) is 13.4. The molecule has 4 nitrogen and oxygen atoms in total. The van der Waals surface area contributed by atoms with Gasteiger partial charge in [-0.15, -0.1) is 0 Å². The van der Waals surface area contributed by atoms with Crippen LogP contribution in [0.25, 0.3) is 0 Å². The minimum atomic E-state index is -0.0150. The summed E-state index contributed by atoms with van der Waals surface area (Å²) in [5.74, 6) is -0.0150. The topological polar surface area (TPSA) is 61.4 Å². The molecule has 1 amide bonds. The van der Waals surface area contributed by atoms with E-state index in [2.05, 4.69) is 24.5 Å². The van der Waals surface area contributed by atoms with Crippen molar-refractivity contribution in [2.24, 2.45) is 5.41 Å². The van der Waals surface area contributed by atoms with E-state index in [1.165, 1.54) is 0 Å². The largest absolute Gasteiger partial charge is 0.396 e. The second kappa shape index (κ2) is 8.80. The van der Waals surface area contributed by atoms with E-state index in [1.54, 1.807) is 0 Å². The number of aliphatic hydroxyl groups excluding tert-OH is 1. The lowest BCUT2D eigenvalue weighted by atomic mass is 9.87. The zero-order chi connectivity index (χ0) is 15.7. The SMILES string of the molecule is CNCCc1ccccc1C(=O)NCC(C)(C)CCCO. The Morgan fingerprint density at radius 2 is 2.00 bits per heavy atom. The molecule has 0 bridgehead atoms. The van der Waals surface area contributed by atoms with Gasteiger partial charge in [-0.2, -0.15) is 0 Å². The number of rotatable bonds is 9. The standard InChI is InChI=1S/C17H28N2O2/c1-17(2,10-6-12-20)13-19-16(21)15-8-5-4-7-14(15)9-11-18-3/h4-5,7-8,18,20H,6,9-13H2,1-3H3,(H,19,21). The third-order valence-electron chi connectivity index (χ3n) is 3.65. The molecule has 0 unspecified atom stereocenters. The summed E-state index contributed by atoms with van der Waals surface area (Å²) < 4.78 is 0. The number of carbonyl (C=O) groups excluding carboxylic acids is 1. The molecule has 0 fully saturated rings. The highest BCUT2D eigenvalue weighted by Crippen LogP contribution is 2.21. The first-order valence-electron chi connectivity index (χ1n) is 7.62. The van der Waals surface area contributed by atoms with E-state index < -0.39 is 0 Å². The molecule has 0 aliphatic rings. The molecular weight excluding hydrogens is 264 g/mol. The van der Waals surface area contributed by atoms with Crippen molar-refractivity contribution in [1.29, 1.82) is 0 Å². The second-order valence-electron chi connectivity index (χ2n) is 6.18. The van der Waals surface area contributed by atoms with Crippen LogP contribution in [0.15, 0.2) is 24.3 Å². The average Bonchev–Trinajstić information content (AvgIpc) is 2.49. The maximum Gasteiger partial charge on any atom is 0.251 e. The predicted molar refractivity (Wildman–Crippen MR) is 86.5 cm³/mol. The fourth-order valence-corrected chi connectivity index (χ4v) is 2.28. The van der Waals surface area contributed by atoms with Crippen molar-refractivity contribution in [2.45, 2.75) is 33.1 Å². The van der Waals surface area contributed by atoms with E-state index in [1.807, 2.05) is 31.3 Å². The van der Waals surface area contributed by atoms with Crippen LogP contribution in [0.2, 0.25) is 0 Å². The predicted octanol–water partition coefficient (Wildman–Crippen LogP) is 1.98. The van der Waals surface area contributed by atoms with Crippen molar-refractivity contribution < 1.29 is 9.90 Å². The quantitative estimate of drug-likeness (QED) is 0.652. The fraction of sp³-hybridized carbons (Fsp3) is 0.588. The van der Waals surface area contributed by atoms with Crippen LogP contribution in [0, 0.1) is 5.41 Å². The number of benzene rings is 1. The molecule has 0 aliphatic carbocycles. The molecule has 0 spiro atoms. The van der Waals surface area contributed by atoms with Gasteiger partial charge in [0.25, 0.3) is 5.91 Å². The van der Waals surface area contributed by atoms with E-state index >= 15 is 0 Å². The van der Waals surface area contributed by atoms with Crippen LogP contribution < -0.4 is 10.6 Å². The van der Waals surface area contributed by atoms with Crippen LogP contribution in [0.4, 0.5) is 0 Å². The number of nitrogens with one attached hydrogen (secondary N) is 2. The van der Waals surface area contributed by atoms with Crippen LogP contribution in [-0.2, 0) is 6.42 Å². The first-order valence-corrected chi connectivity index (χ1v) is 7.62. The molecule has 0 saturated carbocycles. The molecule has 1 aromatic rings. The Labute approximate surface area is 128 Å². The molecule has 0 atom stereocenters. The normalized spacial score (nSPS) is 11.4. The van der Waals surface area contributed by atoms with Gasteiger partial charge in [0, 0.05) is 18.7 Å². The van der Waals surface area contributed by atoms with E-state index in [0.717, 1.165) is 36.9 Å². The molecule has 0 aromatic heterocycles. The molecule has 0 radical (unpaired) electrons. The van der Waals surface area contributed by atoms with E-state index in [-0.39, 0.29) is 17.9 Å². The maximum atomic E-state index is 12.4. The Balaban J connectivity index is 2.63. The molecule has 0 heterocycles. The number of carbonyl (C=O) groups is 1. The van der Waals surface area contributed by atoms with E-state index in [9.17, 15) is 4.79 Å². The highest BCUT2D eigenvalue weighted by Gasteiger charge is 2.19. The van der Waals surface area contributed by atoms with Crippen LogP contribution in [0.1, 0.15) is 42.6 Å². The summed E-state index contributed by atoms with van der Waals surface area (Å²) in [4.78, 5) is 12.4. The van der Waals surface area contributed by atoms with Gasteiger partial charge in [-0.1, -0.05) is 32.0 Å². The molecule has 118 valence electrons. The van der Waals surface area contributed by atoms with Gasteiger partial charge < -0.3 is 15.7 Å². The van der Waals surface area contributed by atoms with Crippen molar-refractivity contribution in [2.75, 3.05) is 26.7 Å². The van der Waals surface area contributed by atoms with Crippen LogP contribution >= 0.6 is 0 Å². The van der Waals surface area contributed by atoms with Gasteiger partial charge in [-0.3, -0.25) is 4.79 Å². The smallest absolute Gasteiger partial charge is 0.251 e. The lowest BCUT2D eigenvalue weighted by Crippen LogP contribution is -2.34. The number of amides is 1. The lowest BCUT2D eigenvalue weighted by molar-refractivity contribution is 0.0932. The molecular formula is C17H28N2O2. The molecule has 0 saturated heterocycles. The van der Waals surface area contributed by atoms with Crippen molar-refractivity contribution in [1.82, 2.24) is 10.6 Å². The molecule has 3 N–H and O–H groups in total. The summed E-state index contributed by atoms with van der Waals surface area (Å²) in [5.41, 5.74) is 1.82. The first-order chi connectivity index (χ1) is 10.00. The third-order valence-corrected chi connectivity index (χ3v) is 3.65. The fourth-order valence-electron chi connectivity index (χ4n) is 2.28. The maximum absolute atomic E-state index is 12.4. The molecule has 0 aliphatic heterocycles. The summed E-state index contributed by atoms with van der Waals surface area (Å²) >= 11 is 0. The minimum absolute atomic E-state index is 0.00168.